The molecule has 3 heterocycles. The summed E-state index contributed by atoms with van der Waals surface area (Å²) < 4.78 is 0. The van der Waals surface area contributed by atoms with Crippen LogP contribution in [0.1, 0.15) is 0 Å². The van der Waals surface area contributed by atoms with Gasteiger partial charge >= 0.3 is 0 Å². The van der Waals surface area contributed by atoms with E-state index in [1.807, 2.05) is 67.1 Å². The van der Waals surface area contributed by atoms with E-state index in [2.05, 4.69) is 75.6 Å². The van der Waals surface area contributed by atoms with Crippen molar-refractivity contribution in [3.8, 4) is 11.3 Å². The van der Waals surface area contributed by atoms with E-state index in [9.17, 15) is 0 Å². The van der Waals surface area contributed by atoms with Gasteiger partial charge in [0, 0.05) is 54.9 Å². The molecule has 0 aliphatic carbocycles. The minimum absolute atomic E-state index is 0. The molecule has 7 rings (SSSR count). The molecule has 0 bridgehead atoms. The molecule has 0 fully saturated rings. The first-order valence-corrected chi connectivity index (χ1v) is 11.2. The number of hydrogen-bond acceptors (Lipinski definition) is 3. The molecule has 4 heteroatoms. The first-order chi connectivity index (χ1) is 16.9. The molecule has 0 spiro atoms. The molecule has 1 radical (unpaired) electrons. The summed E-state index contributed by atoms with van der Waals surface area (Å²) in [5, 5.41) is 7.02. The first kappa shape index (κ1) is 22.8. The number of aromatic nitrogens is 3. The SMILES string of the molecule is [Ir].[c-]1ccccc1-c1cc2ccccc2cn1.c1cnc2c(c1)ccc1ccc3cccnc3c12. The quantitative estimate of drug-likeness (QED) is 0.139. The van der Waals surface area contributed by atoms with E-state index in [0.29, 0.717) is 0 Å². The molecule has 0 amide bonds. The smallest absolute Gasteiger partial charge is 0.0802 e. The number of pyridine rings is 3. The Bertz CT molecular complexity index is 1690. The van der Waals surface area contributed by atoms with E-state index in [0.717, 1.165) is 38.4 Å². The summed E-state index contributed by atoms with van der Waals surface area (Å²) in [6.07, 6.45) is 5.58. The Morgan fingerprint density at radius 2 is 1.11 bits per heavy atom. The van der Waals surface area contributed by atoms with Crippen LogP contribution in [0.15, 0.2) is 122 Å². The van der Waals surface area contributed by atoms with Gasteiger partial charge in [-0.15, -0.1) is 35.9 Å². The molecule has 35 heavy (non-hydrogen) atoms. The molecule has 3 aromatic heterocycles. The maximum atomic E-state index is 4.52. The van der Waals surface area contributed by atoms with Crippen LogP contribution in [-0.2, 0) is 20.1 Å². The van der Waals surface area contributed by atoms with Crippen molar-refractivity contribution in [2.45, 2.75) is 0 Å². The Morgan fingerprint density at radius 3 is 1.77 bits per heavy atom. The molecule has 7 aromatic rings. The van der Waals surface area contributed by atoms with E-state index in [4.69, 9.17) is 0 Å². The Morgan fingerprint density at radius 1 is 0.514 bits per heavy atom. The minimum atomic E-state index is 0. The largest absolute Gasteiger partial charge is 0.304 e. The second-order valence-corrected chi connectivity index (χ2v) is 8.07. The maximum absolute atomic E-state index is 4.52. The van der Waals surface area contributed by atoms with Gasteiger partial charge < -0.3 is 4.98 Å². The van der Waals surface area contributed by atoms with Crippen molar-refractivity contribution in [2.24, 2.45) is 0 Å². The van der Waals surface area contributed by atoms with Crippen LogP contribution in [0.4, 0.5) is 0 Å². The van der Waals surface area contributed by atoms with E-state index < -0.39 is 0 Å². The van der Waals surface area contributed by atoms with Crippen LogP contribution in [-0.4, -0.2) is 15.0 Å². The van der Waals surface area contributed by atoms with Crippen molar-refractivity contribution in [3.05, 3.63) is 128 Å². The van der Waals surface area contributed by atoms with Crippen molar-refractivity contribution < 1.29 is 20.1 Å². The summed E-state index contributed by atoms with van der Waals surface area (Å²) >= 11 is 0. The summed E-state index contributed by atoms with van der Waals surface area (Å²) in [5.74, 6) is 0. The topological polar surface area (TPSA) is 38.7 Å². The standard InChI is InChI=1S/C16H10N2.C15H10N.Ir/c1-3-12-7-5-11-6-8-13-4-2-10-18-16(13)14(11)15(12)17-9-1;1-2-6-12(7-3-1)15-10-13-8-4-5-9-14(13)11-16-15;/h1-10H;1-6,8-11H;/q;-1;. The van der Waals surface area contributed by atoms with Crippen molar-refractivity contribution >= 4 is 43.4 Å². The average molecular weight is 627 g/mol. The predicted octanol–water partition coefficient (Wildman–Crippen LogP) is 7.64. The summed E-state index contributed by atoms with van der Waals surface area (Å²) in [6.45, 7) is 0. The zero-order chi connectivity index (χ0) is 22.7. The van der Waals surface area contributed by atoms with Gasteiger partial charge in [-0.05, 0) is 34.0 Å². The number of benzene rings is 4. The molecular weight excluding hydrogens is 607 g/mol. The van der Waals surface area contributed by atoms with Crippen molar-refractivity contribution in [3.63, 3.8) is 0 Å². The van der Waals surface area contributed by atoms with Gasteiger partial charge in [-0.1, -0.05) is 66.7 Å². The molecule has 4 aromatic carbocycles. The van der Waals surface area contributed by atoms with Gasteiger partial charge in [0.25, 0.3) is 0 Å². The van der Waals surface area contributed by atoms with E-state index in [1.165, 1.54) is 16.2 Å². The molecule has 169 valence electrons. The second kappa shape index (κ2) is 10.1. The van der Waals surface area contributed by atoms with Crippen LogP contribution in [0.5, 0.6) is 0 Å². The van der Waals surface area contributed by atoms with Crippen LogP contribution in [0.3, 0.4) is 0 Å². The number of nitrogens with zero attached hydrogens (tertiary/aromatic N) is 3. The summed E-state index contributed by atoms with van der Waals surface area (Å²) in [5.41, 5.74) is 4.06. The summed E-state index contributed by atoms with van der Waals surface area (Å²) in [6, 6.07) is 38.0. The van der Waals surface area contributed by atoms with E-state index in [-0.39, 0.29) is 20.1 Å². The third kappa shape index (κ3) is 4.54. The third-order valence-corrected chi connectivity index (χ3v) is 5.94. The van der Waals surface area contributed by atoms with Gasteiger partial charge in [0.2, 0.25) is 0 Å². The summed E-state index contributed by atoms with van der Waals surface area (Å²) in [4.78, 5) is 13.5. The van der Waals surface area contributed by atoms with Crippen molar-refractivity contribution in [2.75, 3.05) is 0 Å². The van der Waals surface area contributed by atoms with Crippen LogP contribution in [0.2, 0.25) is 0 Å². The van der Waals surface area contributed by atoms with Gasteiger partial charge in [-0.25, -0.2) is 0 Å². The molecule has 0 N–H and O–H groups in total. The Kier molecular flexibility index (Phi) is 6.58. The van der Waals surface area contributed by atoms with Crippen LogP contribution < -0.4 is 0 Å². The molecule has 0 atom stereocenters. The Labute approximate surface area is 216 Å². The zero-order valence-corrected chi connectivity index (χ0v) is 21.1. The van der Waals surface area contributed by atoms with Crippen molar-refractivity contribution in [1.29, 1.82) is 0 Å². The normalized spacial score (nSPS) is 10.6. The molecule has 3 nitrogen and oxygen atoms in total. The third-order valence-electron chi connectivity index (χ3n) is 5.94. The fraction of sp³-hybridized carbons (Fsp3) is 0. The number of rotatable bonds is 1. The van der Waals surface area contributed by atoms with Crippen LogP contribution in [0, 0.1) is 6.07 Å². The van der Waals surface area contributed by atoms with Crippen LogP contribution in [0.25, 0.3) is 54.6 Å². The summed E-state index contributed by atoms with van der Waals surface area (Å²) in [7, 11) is 0. The van der Waals surface area contributed by atoms with Gasteiger partial charge in [0.05, 0.1) is 11.0 Å². The van der Waals surface area contributed by atoms with E-state index in [1.54, 1.807) is 0 Å². The predicted molar refractivity (Wildman–Crippen MR) is 141 cm³/mol. The molecular formula is C31H20IrN3-. The monoisotopic (exact) mass is 627 g/mol. The molecule has 0 saturated carbocycles. The Balaban J connectivity index is 0.000000142. The fourth-order valence-corrected chi connectivity index (χ4v) is 4.27. The van der Waals surface area contributed by atoms with E-state index >= 15 is 0 Å². The molecule has 0 aliphatic heterocycles. The molecule has 0 unspecified atom stereocenters. The number of fused-ring (bicyclic) bond motifs is 6. The number of hydrogen-bond donors (Lipinski definition) is 0. The molecule has 0 saturated heterocycles. The van der Waals surface area contributed by atoms with Gasteiger partial charge in [-0.3, -0.25) is 9.97 Å². The van der Waals surface area contributed by atoms with Crippen molar-refractivity contribution in [1.82, 2.24) is 15.0 Å². The fourth-order valence-electron chi connectivity index (χ4n) is 4.27. The van der Waals surface area contributed by atoms with Gasteiger partial charge in [0.15, 0.2) is 0 Å². The first-order valence-electron chi connectivity index (χ1n) is 11.2. The zero-order valence-electron chi connectivity index (χ0n) is 18.7. The molecule has 0 aliphatic rings. The van der Waals surface area contributed by atoms with Crippen LogP contribution >= 0.6 is 0 Å². The maximum Gasteiger partial charge on any atom is 0.0802 e. The minimum Gasteiger partial charge on any atom is -0.304 e. The van der Waals surface area contributed by atoms with Gasteiger partial charge in [-0.2, -0.15) is 0 Å². The average Bonchev–Trinajstić information content (AvgIpc) is 2.93. The Hall–Kier alpha value is -3.98. The second-order valence-electron chi connectivity index (χ2n) is 8.07. The van der Waals surface area contributed by atoms with Gasteiger partial charge in [0.1, 0.15) is 0 Å².